The van der Waals surface area contributed by atoms with Crippen molar-refractivity contribution >= 4 is 11.9 Å². The fraction of sp³-hybridized carbons (Fsp3) is 0.300. The topological polar surface area (TPSA) is 66.8 Å². The molecular weight excluding hydrogens is 318 g/mol. The van der Waals surface area contributed by atoms with E-state index in [-0.39, 0.29) is 12.5 Å². The van der Waals surface area contributed by atoms with Crippen molar-refractivity contribution in [1.82, 2.24) is 4.90 Å². The van der Waals surface area contributed by atoms with Gasteiger partial charge in [0.1, 0.15) is 5.75 Å². The quantitative estimate of drug-likeness (QED) is 0.910. The second-order valence-corrected chi connectivity index (χ2v) is 6.22. The van der Waals surface area contributed by atoms with Gasteiger partial charge in [0, 0.05) is 19.5 Å². The van der Waals surface area contributed by atoms with Crippen molar-refractivity contribution in [3.8, 4) is 5.75 Å². The summed E-state index contributed by atoms with van der Waals surface area (Å²) in [6.07, 6.45) is 0.952. The van der Waals surface area contributed by atoms with Crippen molar-refractivity contribution in [3.05, 3.63) is 65.2 Å². The van der Waals surface area contributed by atoms with Gasteiger partial charge in [0.25, 0.3) is 0 Å². The van der Waals surface area contributed by atoms with Crippen molar-refractivity contribution in [3.63, 3.8) is 0 Å². The van der Waals surface area contributed by atoms with Gasteiger partial charge < -0.3 is 14.7 Å². The summed E-state index contributed by atoms with van der Waals surface area (Å²) >= 11 is 0. The number of benzene rings is 2. The molecule has 130 valence electrons. The van der Waals surface area contributed by atoms with Gasteiger partial charge in [0.15, 0.2) is 0 Å². The van der Waals surface area contributed by atoms with Crippen molar-refractivity contribution in [2.45, 2.75) is 25.3 Å². The Morgan fingerprint density at radius 1 is 1.20 bits per heavy atom. The van der Waals surface area contributed by atoms with E-state index in [9.17, 15) is 14.7 Å². The van der Waals surface area contributed by atoms with E-state index >= 15 is 0 Å². The van der Waals surface area contributed by atoms with Crippen LogP contribution in [0.1, 0.15) is 29.0 Å². The van der Waals surface area contributed by atoms with Crippen LogP contribution in [0, 0.1) is 0 Å². The first-order valence-corrected chi connectivity index (χ1v) is 8.30. The summed E-state index contributed by atoms with van der Waals surface area (Å²) in [4.78, 5) is 25.8. The zero-order valence-corrected chi connectivity index (χ0v) is 14.1. The van der Waals surface area contributed by atoms with Crippen LogP contribution in [0.15, 0.2) is 48.5 Å². The smallest absolute Gasteiger partial charge is 0.312 e. The highest BCUT2D eigenvalue weighted by Gasteiger charge is 2.32. The molecule has 0 bridgehead atoms. The number of hydrogen-bond donors (Lipinski definition) is 1. The molecule has 5 nitrogen and oxygen atoms in total. The first kappa shape index (κ1) is 17.0. The van der Waals surface area contributed by atoms with E-state index in [2.05, 4.69) is 0 Å². The molecule has 0 aliphatic carbocycles. The Morgan fingerprint density at radius 3 is 2.76 bits per heavy atom. The standard InChI is InChI=1S/C20H21NO4/c1-25-16-7-4-5-14(11-16)9-10-19(22)21-12-15-6-2-3-8-17(15)18(13-21)20(23)24/h2-8,11,18H,9-10,12-13H2,1H3,(H,23,24). The highest BCUT2D eigenvalue weighted by molar-refractivity contribution is 5.81. The van der Waals surface area contributed by atoms with E-state index < -0.39 is 11.9 Å². The van der Waals surface area contributed by atoms with E-state index in [0.717, 1.165) is 22.4 Å². The van der Waals surface area contributed by atoms with Crippen molar-refractivity contribution < 1.29 is 19.4 Å². The van der Waals surface area contributed by atoms with Crippen LogP contribution in [0.5, 0.6) is 5.75 Å². The van der Waals surface area contributed by atoms with E-state index in [1.807, 2.05) is 48.5 Å². The maximum atomic E-state index is 12.6. The minimum Gasteiger partial charge on any atom is -0.497 e. The minimum absolute atomic E-state index is 0.0245. The summed E-state index contributed by atoms with van der Waals surface area (Å²) in [5.41, 5.74) is 2.75. The third-order valence-electron chi connectivity index (χ3n) is 4.61. The lowest BCUT2D eigenvalue weighted by molar-refractivity contribution is -0.141. The lowest BCUT2D eigenvalue weighted by Crippen LogP contribution is -2.40. The Morgan fingerprint density at radius 2 is 2.00 bits per heavy atom. The molecule has 0 spiro atoms. The lowest BCUT2D eigenvalue weighted by atomic mass is 9.89. The molecule has 0 fully saturated rings. The van der Waals surface area contributed by atoms with Gasteiger partial charge in [-0.25, -0.2) is 0 Å². The molecule has 1 atom stereocenters. The molecule has 3 rings (SSSR count). The Kier molecular flexibility index (Phi) is 5.03. The predicted octanol–water partition coefficient (Wildman–Crippen LogP) is 2.84. The third kappa shape index (κ3) is 3.82. The number of aliphatic carboxylic acids is 1. The zero-order chi connectivity index (χ0) is 17.8. The Balaban J connectivity index is 1.69. The Hall–Kier alpha value is -2.82. The van der Waals surface area contributed by atoms with Gasteiger partial charge in [-0.3, -0.25) is 9.59 Å². The summed E-state index contributed by atoms with van der Waals surface area (Å²) < 4.78 is 5.20. The fourth-order valence-electron chi connectivity index (χ4n) is 3.25. The molecule has 1 heterocycles. The van der Waals surface area contributed by atoms with Crippen LogP contribution in [0.25, 0.3) is 0 Å². The average Bonchev–Trinajstić information content (AvgIpc) is 2.65. The molecule has 0 saturated heterocycles. The minimum atomic E-state index is -0.891. The molecule has 1 aliphatic heterocycles. The van der Waals surface area contributed by atoms with E-state index in [0.29, 0.717) is 19.4 Å². The zero-order valence-electron chi connectivity index (χ0n) is 14.1. The number of hydrogen-bond acceptors (Lipinski definition) is 3. The van der Waals surface area contributed by atoms with E-state index in [1.165, 1.54) is 0 Å². The van der Waals surface area contributed by atoms with Crippen molar-refractivity contribution in [2.75, 3.05) is 13.7 Å². The lowest BCUT2D eigenvalue weighted by Gasteiger charge is -2.33. The first-order chi connectivity index (χ1) is 12.1. The molecule has 2 aromatic rings. The van der Waals surface area contributed by atoms with E-state index in [1.54, 1.807) is 12.0 Å². The SMILES string of the molecule is COc1cccc(CCC(=O)N2Cc3ccccc3C(C(=O)O)C2)c1. The Labute approximate surface area is 146 Å². The number of methoxy groups -OCH3 is 1. The maximum absolute atomic E-state index is 12.6. The molecule has 1 unspecified atom stereocenters. The summed E-state index contributed by atoms with van der Waals surface area (Å²) in [5, 5.41) is 9.50. The molecule has 1 aliphatic rings. The second-order valence-electron chi connectivity index (χ2n) is 6.22. The third-order valence-corrected chi connectivity index (χ3v) is 4.61. The molecule has 5 heteroatoms. The van der Waals surface area contributed by atoms with Crippen LogP contribution in [0.3, 0.4) is 0 Å². The molecule has 25 heavy (non-hydrogen) atoms. The highest BCUT2D eigenvalue weighted by atomic mass is 16.5. The van der Waals surface area contributed by atoms with Gasteiger partial charge in [-0.1, -0.05) is 36.4 Å². The fourth-order valence-corrected chi connectivity index (χ4v) is 3.25. The van der Waals surface area contributed by atoms with Gasteiger partial charge in [-0.2, -0.15) is 0 Å². The number of amides is 1. The number of rotatable bonds is 5. The van der Waals surface area contributed by atoms with Gasteiger partial charge in [-0.15, -0.1) is 0 Å². The molecule has 2 aromatic carbocycles. The molecule has 0 aromatic heterocycles. The number of aryl methyl sites for hydroxylation is 1. The summed E-state index contributed by atoms with van der Waals surface area (Å²) in [5.74, 6) is -0.810. The number of ether oxygens (including phenoxy) is 1. The van der Waals surface area contributed by atoms with Crippen LogP contribution < -0.4 is 4.74 Å². The van der Waals surface area contributed by atoms with Crippen molar-refractivity contribution in [1.29, 1.82) is 0 Å². The van der Waals surface area contributed by atoms with Crippen LogP contribution in [-0.4, -0.2) is 35.5 Å². The van der Waals surface area contributed by atoms with Gasteiger partial charge in [-0.05, 0) is 35.2 Å². The number of nitrogens with zero attached hydrogens (tertiary/aromatic N) is 1. The number of carboxylic acid groups (broad SMARTS) is 1. The number of carbonyl (C=O) groups excluding carboxylic acids is 1. The first-order valence-electron chi connectivity index (χ1n) is 8.30. The van der Waals surface area contributed by atoms with Crippen molar-refractivity contribution in [2.24, 2.45) is 0 Å². The van der Waals surface area contributed by atoms with Gasteiger partial charge in [0.2, 0.25) is 5.91 Å². The maximum Gasteiger partial charge on any atom is 0.312 e. The number of carbonyl (C=O) groups is 2. The number of carboxylic acids is 1. The van der Waals surface area contributed by atoms with Gasteiger partial charge in [0.05, 0.1) is 13.0 Å². The molecular formula is C20H21NO4. The number of fused-ring (bicyclic) bond motifs is 1. The molecule has 1 amide bonds. The average molecular weight is 339 g/mol. The Bertz CT molecular complexity index is 787. The summed E-state index contributed by atoms with van der Waals surface area (Å²) in [6, 6.07) is 15.1. The van der Waals surface area contributed by atoms with Crippen LogP contribution in [0.2, 0.25) is 0 Å². The molecule has 0 saturated carbocycles. The van der Waals surface area contributed by atoms with Crippen LogP contribution in [-0.2, 0) is 22.6 Å². The normalized spacial score (nSPS) is 16.2. The predicted molar refractivity (Wildman–Crippen MR) is 93.6 cm³/mol. The molecule has 0 radical (unpaired) electrons. The second kappa shape index (κ2) is 7.38. The van der Waals surface area contributed by atoms with Crippen LogP contribution in [0.4, 0.5) is 0 Å². The van der Waals surface area contributed by atoms with Gasteiger partial charge >= 0.3 is 5.97 Å². The summed E-state index contributed by atoms with van der Waals surface area (Å²) in [6.45, 7) is 0.695. The van der Waals surface area contributed by atoms with Crippen LogP contribution >= 0.6 is 0 Å². The van der Waals surface area contributed by atoms with E-state index in [4.69, 9.17) is 4.74 Å². The highest BCUT2D eigenvalue weighted by Crippen LogP contribution is 2.29. The monoisotopic (exact) mass is 339 g/mol. The summed E-state index contributed by atoms with van der Waals surface area (Å²) in [7, 11) is 1.61. The molecule has 1 N–H and O–H groups in total. The largest absolute Gasteiger partial charge is 0.497 e.